The Balaban J connectivity index is 1.81. The molecule has 0 bridgehead atoms. The van der Waals surface area contributed by atoms with E-state index in [9.17, 15) is 26.4 Å². The second-order valence-electron chi connectivity index (χ2n) is 6.17. The van der Waals surface area contributed by atoms with Gasteiger partial charge in [-0.15, -0.1) is 0 Å². The second-order valence-corrected chi connectivity index (χ2v) is 10.2. The van der Waals surface area contributed by atoms with Crippen molar-refractivity contribution in [1.82, 2.24) is 9.62 Å². The molecule has 0 spiro atoms. The molecule has 136 valence electrons. The van der Waals surface area contributed by atoms with Crippen LogP contribution in [0.5, 0.6) is 0 Å². The summed E-state index contributed by atoms with van der Waals surface area (Å²) < 4.78 is 49.1. The number of carbonyl (C=O) groups excluding carboxylic acids is 2. The number of benzene rings is 1. The van der Waals surface area contributed by atoms with Crippen molar-refractivity contribution in [2.24, 2.45) is 0 Å². The average molecular weight is 386 g/mol. The van der Waals surface area contributed by atoms with Crippen LogP contribution in [0, 0.1) is 0 Å². The maximum Gasteiger partial charge on any atom is 0.267 e. The van der Waals surface area contributed by atoms with Crippen LogP contribution in [-0.2, 0) is 29.4 Å². The maximum atomic E-state index is 12.7. The number of hydrogen-bond donors (Lipinski definition) is 1. The number of nitrogens with one attached hydrogen (secondary N) is 1. The van der Waals surface area contributed by atoms with Gasteiger partial charge in [0.15, 0.2) is 9.84 Å². The van der Waals surface area contributed by atoms with E-state index < -0.39 is 43.8 Å². The van der Waals surface area contributed by atoms with Crippen molar-refractivity contribution in [2.45, 2.75) is 36.2 Å². The quantitative estimate of drug-likeness (QED) is 0.757. The molecule has 2 amide bonds. The molecule has 8 nitrogen and oxygen atoms in total. The van der Waals surface area contributed by atoms with Crippen molar-refractivity contribution < 1.29 is 26.4 Å². The van der Waals surface area contributed by atoms with Gasteiger partial charge < -0.3 is 5.32 Å². The first-order valence-corrected chi connectivity index (χ1v) is 11.1. The van der Waals surface area contributed by atoms with Gasteiger partial charge >= 0.3 is 0 Å². The Labute approximate surface area is 146 Å². The fourth-order valence-corrected chi connectivity index (χ4v) is 6.41. The molecule has 2 atom stereocenters. The first-order valence-electron chi connectivity index (χ1n) is 7.84. The van der Waals surface area contributed by atoms with E-state index in [4.69, 9.17) is 0 Å². The van der Waals surface area contributed by atoms with E-state index in [0.717, 1.165) is 0 Å². The lowest BCUT2D eigenvalue weighted by molar-refractivity contribution is -0.131. The fraction of sp³-hybridized carbons (Fsp3) is 0.467. The summed E-state index contributed by atoms with van der Waals surface area (Å²) in [5, 5.41) is 2.57. The first-order chi connectivity index (χ1) is 11.7. The summed E-state index contributed by atoms with van der Waals surface area (Å²) in [6, 6.07) is 5.74. The Morgan fingerprint density at radius 2 is 1.84 bits per heavy atom. The van der Waals surface area contributed by atoms with Crippen LogP contribution in [0.25, 0.3) is 0 Å². The van der Waals surface area contributed by atoms with Crippen LogP contribution in [0.3, 0.4) is 0 Å². The maximum absolute atomic E-state index is 12.7. The van der Waals surface area contributed by atoms with Crippen molar-refractivity contribution in [3.05, 3.63) is 30.3 Å². The molecule has 0 radical (unpaired) electrons. The van der Waals surface area contributed by atoms with Crippen LogP contribution >= 0.6 is 0 Å². The van der Waals surface area contributed by atoms with Crippen molar-refractivity contribution >= 4 is 31.7 Å². The van der Waals surface area contributed by atoms with E-state index in [2.05, 4.69) is 5.32 Å². The van der Waals surface area contributed by atoms with E-state index in [-0.39, 0.29) is 29.2 Å². The summed E-state index contributed by atoms with van der Waals surface area (Å²) in [5.74, 6) is -1.44. The van der Waals surface area contributed by atoms with Crippen LogP contribution in [0.15, 0.2) is 35.2 Å². The van der Waals surface area contributed by atoms with Crippen LogP contribution in [0.2, 0.25) is 0 Å². The number of hydrogen-bond acceptors (Lipinski definition) is 6. The van der Waals surface area contributed by atoms with Crippen molar-refractivity contribution in [3.8, 4) is 0 Å². The van der Waals surface area contributed by atoms with Crippen LogP contribution < -0.4 is 5.32 Å². The highest BCUT2D eigenvalue weighted by atomic mass is 32.2. The minimum atomic E-state index is -4.13. The summed E-state index contributed by atoms with van der Waals surface area (Å²) in [6.07, 6.45) is 0.323. The van der Waals surface area contributed by atoms with Crippen LogP contribution in [0.4, 0.5) is 0 Å². The lowest BCUT2D eigenvalue weighted by atomic mass is 10.2. The van der Waals surface area contributed by atoms with E-state index in [0.29, 0.717) is 10.7 Å². The van der Waals surface area contributed by atoms with Gasteiger partial charge in [-0.25, -0.2) is 21.1 Å². The highest BCUT2D eigenvalue weighted by molar-refractivity contribution is 7.91. The van der Waals surface area contributed by atoms with Gasteiger partial charge in [0.2, 0.25) is 11.8 Å². The van der Waals surface area contributed by atoms with E-state index in [1.54, 1.807) is 6.07 Å². The smallest absolute Gasteiger partial charge is 0.267 e. The molecule has 25 heavy (non-hydrogen) atoms. The molecule has 2 heterocycles. The van der Waals surface area contributed by atoms with Gasteiger partial charge in [-0.3, -0.25) is 9.59 Å². The molecule has 0 aliphatic carbocycles. The number of amides is 2. The second kappa shape index (κ2) is 6.41. The average Bonchev–Trinajstić information content (AvgIpc) is 3.11. The zero-order valence-corrected chi connectivity index (χ0v) is 14.9. The SMILES string of the molecule is O=C(NC1CCS(=O)(=O)C1)C1CCC(=O)N1S(=O)(=O)c1ccccc1. The number of nitrogens with zero attached hydrogens (tertiary/aromatic N) is 1. The van der Waals surface area contributed by atoms with Crippen LogP contribution in [0.1, 0.15) is 19.3 Å². The van der Waals surface area contributed by atoms with Gasteiger partial charge in [-0.1, -0.05) is 18.2 Å². The van der Waals surface area contributed by atoms with Gasteiger partial charge in [-0.2, -0.15) is 0 Å². The third kappa shape index (κ3) is 3.54. The molecule has 2 aliphatic heterocycles. The Hall–Kier alpha value is -1.94. The zero-order chi connectivity index (χ0) is 18.2. The molecule has 2 aliphatic rings. The highest BCUT2D eigenvalue weighted by Gasteiger charge is 2.45. The molecular weight excluding hydrogens is 368 g/mol. The molecule has 3 rings (SSSR count). The summed E-state index contributed by atoms with van der Waals surface area (Å²) in [5.41, 5.74) is 0. The van der Waals surface area contributed by atoms with Gasteiger partial charge in [-0.05, 0) is 25.0 Å². The fourth-order valence-electron chi connectivity index (χ4n) is 3.11. The summed E-state index contributed by atoms with van der Waals surface area (Å²) >= 11 is 0. The van der Waals surface area contributed by atoms with Gasteiger partial charge in [0, 0.05) is 12.5 Å². The molecule has 0 saturated carbocycles. The molecule has 2 fully saturated rings. The predicted molar refractivity (Wildman–Crippen MR) is 88.7 cm³/mol. The van der Waals surface area contributed by atoms with Gasteiger partial charge in [0.05, 0.1) is 16.4 Å². The van der Waals surface area contributed by atoms with E-state index in [1.165, 1.54) is 24.3 Å². The van der Waals surface area contributed by atoms with Gasteiger partial charge in [0.25, 0.3) is 10.0 Å². The Morgan fingerprint density at radius 3 is 2.44 bits per heavy atom. The first kappa shape index (κ1) is 17.9. The molecule has 2 unspecified atom stereocenters. The Kier molecular flexibility index (Phi) is 4.58. The minimum Gasteiger partial charge on any atom is -0.350 e. The zero-order valence-electron chi connectivity index (χ0n) is 13.3. The lowest BCUT2D eigenvalue weighted by Gasteiger charge is -2.24. The predicted octanol–water partition coefficient (Wildman–Crippen LogP) is -0.330. The molecule has 1 aromatic carbocycles. The summed E-state index contributed by atoms with van der Waals surface area (Å²) in [7, 11) is -7.31. The topological polar surface area (TPSA) is 118 Å². The van der Waals surface area contributed by atoms with E-state index in [1.807, 2.05) is 0 Å². The third-order valence-corrected chi connectivity index (χ3v) is 7.95. The number of sulfonamides is 1. The molecule has 1 aromatic rings. The molecule has 2 saturated heterocycles. The largest absolute Gasteiger partial charge is 0.350 e. The highest BCUT2D eigenvalue weighted by Crippen LogP contribution is 2.27. The Morgan fingerprint density at radius 1 is 1.16 bits per heavy atom. The molecular formula is C15H18N2O6S2. The lowest BCUT2D eigenvalue weighted by Crippen LogP contribution is -2.50. The van der Waals surface area contributed by atoms with Crippen LogP contribution in [-0.4, -0.2) is 56.5 Å². The molecule has 1 N–H and O–H groups in total. The minimum absolute atomic E-state index is 0.00638. The summed E-state index contributed by atoms with van der Waals surface area (Å²) in [4.78, 5) is 24.5. The monoisotopic (exact) mass is 386 g/mol. The van der Waals surface area contributed by atoms with Crippen molar-refractivity contribution in [1.29, 1.82) is 0 Å². The molecule has 0 aromatic heterocycles. The standard InChI is InChI=1S/C15H18N2O6S2/c18-14-7-6-13(15(19)16-11-8-9-24(20,21)10-11)17(14)25(22,23)12-4-2-1-3-5-12/h1-5,11,13H,6-10H2,(H,16,19). The number of carbonyl (C=O) groups is 2. The van der Waals surface area contributed by atoms with Crippen molar-refractivity contribution in [3.63, 3.8) is 0 Å². The number of sulfone groups is 1. The Bertz CT molecular complexity index is 895. The van der Waals surface area contributed by atoms with Gasteiger partial charge in [0.1, 0.15) is 6.04 Å². The molecule has 10 heteroatoms. The third-order valence-electron chi connectivity index (χ3n) is 4.34. The summed E-state index contributed by atoms with van der Waals surface area (Å²) in [6.45, 7) is 0. The van der Waals surface area contributed by atoms with Crippen molar-refractivity contribution in [2.75, 3.05) is 11.5 Å². The number of rotatable bonds is 4. The normalized spacial score (nSPS) is 25.9. The van der Waals surface area contributed by atoms with E-state index >= 15 is 0 Å².